The molecule has 5 heteroatoms. The second kappa shape index (κ2) is 9.82. The Hall–Kier alpha value is -3.21. The van der Waals surface area contributed by atoms with Crippen molar-refractivity contribution in [3.63, 3.8) is 0 Å². The van der Waals surface area contributed by atoms with E-state index in [9.17, 15) is 14.4 Å². The van der Waals surface area contributed by atoms with Gasteiger partial charge in [0.05, 0.1) is 12.2 Å². The molecule has 0 aromatic heterocycles. The van der Waals surface area contributed by atoms with Crippen molar-refractivity contribution in [3.8, 4) is 0 Å². The fourth-order valence-electron chi connectivity index (χ4n) is 1.97. The maximum atomic E-state index is 12.2. The van der Waals surface area contributed by atoms with Crippen molar-refractivity contribution in [1.29, 1.82) is 0 Å². The summed E-state index contributed by atoms with van der Waals surface area (Å²) in [5.74, 6) is -1.95. The fraction of sp³-hybridized carbons (Fsp3) is 0.150. The maximum absolute atomic E-state index is 12.2. The van der Waals surface area contributed by atoms with Crippen LogP contribution >= 0.6 is 0 Å². The Kier molecular flexibility index (Phi) is 7.79. The second-order valence-corrected chi connectivity index (χ2v) is 5.16. The zero-order chi connectivity index (χ0) is 18.8. The van der Waals surface area contributed by atoms with E-state index in [0.717, 1.165) is 6.26 Å². The first kappa shape index (κ1) is 19.8. The van der Waals surface area contributed by atoms with Crippen LogP contribution in [0.1, 0.15) is 41.3 Å². The molecule has 25 heavy (non-hydrogen) atoms. The first-order valence-electron chi connectivity index (χ1n) is 7.57. The summed E-state index contributed by atoms with van der Waals surface area (Å²) in [5, 5.41) is 9.00. The van der Waals surface area contributed by atoms with Crippen molar-refractivity contribution < 1.29 is 24.2 Å². The number of ketones is 1. The lowest BCUT2D eigenvalue weighted by atomic mass is 9.96. The average molecular weight is 340 g/mol. The summed E-state index contributed by atoms with van der Waals surface area (Å²) < 4.78 is 4.17. The Labute approximate surface area is 146 Å². The summed E-state index contributed by atoms with van der Waals surface area (Å²) in [6.07, 6.45) is 1.10. The third-order valence-corrected chi connectivity index (χ3v) is 3.30. The molecule has 0 spiro atoms. The largest absolute Gasteiger partial charge is 0.481 e. The Morgan fingerprint density at radius 2 is 1.64 bits per heavy atom. The number of carbonyl (C=O) groups excluding carboxylic acids is 2. The number of hydrogen-bond acceptors (Lipinski definition) is 4. The summed E-state index contributed by atoms with van der Waals surface area (Å²) in [5.41, 5.74) is 1.74. The molecular weight excluding hydrogens is 320 g/mol. The lowest BCUT2D eigenvalue weighted by molar-refractivity contribution is -0.138. The van der Waals surface area contributed by atoms with Crippen LogP contribution in [0.25, 0.3) is 0 Å². The molecule has 2 aromatic carbocycles. The first-order valence-corrected chi connectivity index (χ1v) is 7.57. The first-order chi connectivity index (χ1) is 11.9. The third kappa shape index (κ3) is 6.43. The molecule has 0 bridgehead atoms. The highest BCUT2D eigenvalue weighted by Crippen LogP contribution is 2.18. The van der Waals surface area contributed by atoms with Crippen molar-refractivity contribution in [2.75, 3.05) is 0 Å². The minimum Gasteiger partial charge on any atom is -0.481 e. The number of carbonyl (C=O) groups is 3. The summed E-state index contributed by atoms with van der Waals surface area (Å²) in [7, 11) is 0. The van der Waals surface area contributed by atoms with Crippen molar-refractivity contribution in [2.45, 2.75) is 19.8 Å². The van der Waals surface area contributed by atoms with E-state index in [2.05, 4.69) is 11.3 Å². The van der Waals surface area contributed by atoms with E-state index in [1.165, 1.54) is 6.92 Å². The minimum atomic E-state index is -0.899. The topological polar surface area (TPSA) is 80.7 Å². The van der Waals surface area contributed by atoms with Crippen LogP contribution < -0.4 is 0 Å². The van der Waals surface area contributed by atoms with Crippen LogP contribution in [0.2, 0.25) is 0 Å². The van der Waals surface area contributed by atoms with E-state index in [4.69, 9.17) is 5.11 Å². The number of carboxylic acids is 1. The zero-order valence-corrected chi connectivity index (χ0v) is 14.1. The molecule has 2 rings (SSSR count). The Bertz CT molecular complexity index is 750. The molecular formula is C20H20O5. The molecule has 0 aliphatic carbocycles. The highest BCUT2D eigenvalue weighted by Gasteiger charge is 2.16. The molecule has 0 radical (unpaired) electrons. The van der Waals surface area contributed by atoms with Gasteiger partial charge in [0.1, 0.15) is 0 Å². The van der Waals surface area contributed by atoms with Crippen LogP contribution in [-0.2, 0) is 14.3 Å². The van der Waals surface area contributed by atoms with Crippen LogP contribution in [0.3, 0.4) is 0 Å². The lowest BCUT2D eigenvalue weighted by Crippen LogP contribution is -2.09. The molecule has 1 N–H and O–H groups in total. The van der Waals surface area contributed by atoms with Crippen molar-refractivity contribution in [3.05, 3.63) is 84.1 Å². The van der Waals surface area contributed by atoms with Gasteiger partial charge in [-0.25, -0.2) is 0 Å². The molecule has 0 saturated heterocycles. The summed E-state index contributed by atoms with van der Waals surface area (Å²) in [6, 6.07) is 15.7. The standard InChI is InChI=1S/C16H14O3.C4H6O2/c1-11(16(18)19)13-8-5-9-14(10-13)15(17)12-6-3-2-4-7-12;1-3-6-4(2)5/h2-11H,1H3,(H,18,19);3H,1H2,2H3. The van der Waals surface area contributed by atoms with Crippen molar-refractivity contribution >= 4 is 17.7 Å². The summed E-state index contributed by atoms with van der Waals surface area (Å²) in [4.78, 5) is 33.0. The van der Waals surface area contributed by atoms with Crippen molar-refractivity contribution in [1.82, 2.24) is 0 Å². The van der Waals surface area contributed by atoms with Gasteiger partial charge in [0.15, 0.2) is 5.78 Å². The van der Waals surface area contributed by atoms with E-state index in [1.807, 2.05) is 6.07 Å². The molecule has 0 aliphatic heterocycles. The Morgan fingerprint density at radius 1 is 1.04 bits per heavy atom. The van der Waals surface area contributed by atoms with Crippen LogP contribution in [0, 0.1) is 0 Å². The second-order valence-electron chi connectivity index (χ2n) is 5.16. The molecule has 0 amide bonds. The molecule has 2 aromatic rings. The van der Waals surface area contributed by atoms with Crippen molar-refractivity contribution in [2.24, 2.45) is 0 Å². The summed E-state index contributed by atoms with van der Waals surface area (Å²) in [6.45, 7) is 6.08. The minimum absolute atomic E-state index is 0.0972. The average Bonchev–Trinajstić information content (AvgIpc) is 2.61. The van der Waals surface area contributed by atoms with Gasteiger partial charge >= 0.3 is 11.9 Å². The molecule has 0 saturated carbocycles. The Balaban J connectivity index is 0.000000450. The van der Waals surface area contributed by atoms with E-state index < -0.39 is 11.9 Å². The van der Waals surface area contributed by atoms with Gasteiger partial charge in [-0.1, -0.05) is 55.1 Å². The number of ether oxygens (including phenoxy) is 1. The molecule has 0 aliphatic rings. The SMILES string of the molecule is C=COC(C)=O.CC(C(=O)O)c1cccc(C(=O)c2ccccc2)c1. The highest BCUT2D eigenvalue weighted by molar-refractivity contribution is 6.09. The number of aliphatic carboxylic acids is 1. The predicted molar refractivity (Wildman–Crippen MR) is 94.3 cm³/mol. The molecule has 0 heterocycles. The highest BCUT2D eigenvalue weighted by atomic mass is 16.5. The van der Waals surface area contributed by atoms with E-state index >= 15 is 0 Å². The van der Waals surface area contributed by atoms with Gasteiger partial charge in [-0.15, -0.1) is 0 Å². The zero-order valence-electron chi connectivity index (χ0n) is 14.1. The van der Waals surface area contributed by atoms with E-state index in [-0.39, 0.29) is 11.8 Å². The quantitative estimate of drug-likeness (QED) is 0.509. The van der Waals surface area contributed by atoms with Crippen LogP contribution in [-0.4, -0.2) is 22.8 Å². The fourth-order valence-corrected chi connectivity index (χ4v) is 1.97. The molecule has 1 unspecified atom stereocenters. The van der Waals surface area contributed by atoms with Gasteiger partial charge in [-0.05, 0) is 18.6 Å². The number of rotatable bonds is 5. The van der Waals surface area contributed by atoms with Crippen LogP contribution in [0.5, 0.6) is 0 Å². The lowest BCUT2D eigenvalue weighted by Gasteiger charge is -2.08. The molecule has 130 valence electrons. The number of hydrogen-bond donors (Lipinski definition) is 1. The molecule has 1 atom stereocenters. The van der Waals surface area contributed by atoms with Gasteiger partial charge in [-0.3, -0.25) is 14.4 Å². The number of benzene rings is 2. The third-order valence-electron chi connectivity index (χ3n) is 3.30. The molecule has 5 nitrogen and oxygen atoms in total. The number of esters is 1. The van der Waals surface area contributed by atoms with Gasteiger partial charge < -0.3 is 9.84 Å². The van der Waals surface area contributed by atoms with Crippen LogP contribution in [0.15, 0.2) is 67.4 Å². The van der Waals surface area contributed by atoms with Crippen LogP contribution in [0.4, 0.5) is 0 Å². The smallest absolute Gasteiger partial charge is 0.310 e. The number of carboxylic acid groups (broad SMARTS) is 1. The normalized spacial score (nSPS) is 10.6. The monoisotopic (exact) mass is 340 g/mol. The van der Waals surface area contributed by atoms with Gasteiger partial charge in [0, 0.05) is 18.1 Å². The van der Waals surface area contributed by atoms with Gasteiger partial charge in [0.25, 0.3) is 0 Å². The predicted octanol–water partition coefficient (Wildman–Crippen LogP) is 3.80. The molecule has 0 fully saturated rings. The van der Waals surface area contributed by atoms with Gasteiger partial charge in [0.2, 0.25) is 0 Å². The summed E-state index contributed by atoms with van der Waals surface area (Å²) >= 11 is 0. The van der Waals surface area contributed by atoms with E-state index in [1.54, 1.807) is 55.5 Å². The Morgan fingerprint density at radius 3 is 2.12 bits per heavy atom. The van der Waals surface area contributed by atoms with Gasteiger partial charge in [-0.2, -0.15) is 0 Å². The maximum Gasteiger partial charge on any atom is 0.310 e. The van der Waals surface area contributed by atoms with E-state index in [0.29, 0.717) is 16.7 Å².